The monoisotopic (exact) mass is 284 g/mol. The Bertz CT molecular complexity index is 604. The summed E-state index contributed by atoms with van der Waals surface area (Å²) < 4.78 is 0. The number of nitrogens with one attached hydrogen (secondary N) is 1. The molecule has 1 atom stereocenters. The molecule has 0 saturated heterocycles. The van der Waals surface area contributed by atoms with Crippen LogP contribution in [0, 0.1) is 10.1 Å². The zero-order valence-corrected chi connectivity index (χ0v) is 12.5. The molecule has 0 fully saturated rings. The highest BCUT2D eigenvalue weighted by atomic mass is 16.6. The summed E-state index contributed by atoms with van der Waals surface area (Å²) in [5.74, 6) is 0.525. The number of nitro groups is 1. The standard InChI is InChI=1S/C17H20N2O2/c1-12(2)14-4-6-15(7-5-14)13(3)18-16-8-10-17(11-9-16)19(20)21/h4-13,18H,1-3H3. The number of anilines is 1. The van der Waals surface area contributed by atoms with Gasteiger partial charge in [-0.05, 0) is 36.1 Å². The van der Waals surface area contributed by atoms with Crippen LogP contribution in [-0.2, 0) is 0 Å². The molecule has 0 aliphatic heterocycles. The molecule has 21 heavy (non-hydrogen) atoms. The molecule has 0 bridgehead atoms. The van der Waals surface area contributed by atoms with E-state index in [0.29, 0.717) is 5.92 Å². The minimum atomic E-state index is -0.391. The summed E-state index contributed by atoms with van der Waals surface area (Å²) in [6.45, 7) is 6.42. The van der Waals surface area contributed by atoms with Crippen LogP contribution in [0.4, 0.5) is 11.4 Å². The molecule has 1 N–H and O–H groups in total. The summed E-state index contributed by atoms with van der Waals surface area (Å²) in [4.78, 5) is 10.2. The van der Waals surface area contributed by atoms with E-state index in [2.05, 4.69) is 50.4 Å². The van der Waals surface area contributed by atoms with Crippen LogP contribution in [0.25, 0.3) is 0 Å². The third-order valence-corrected chi connectivity index (χ3v) is 3.56. The van der Waals surface area contributed by atoms with Crippen molar-refractivity contribution in [2.45, 2.75) is 32.7 Å². The third-order valence-electron chi connectivity index (χ3n) is 3.56. The number of nitro benzene ring substituents is 1. The van der Waals surface area contributed by atoms with Crippen molar-refractivity contribution in [3.63, 3.8) is 0 Å². The van der Waals surface area contributed by atoms with Gasteiger partial charge in [0, 0.05) is 23.9 Å². The molecule has 0 heterocycles. The maximum absolute atomic E-state index is 10.6. The van der Waals surface area contributed by atoms with E-state index < -0.39 is 4.92 Å². The van der Waals surface area contributed by atoms with Crippen molar-refractivity contribution in [2.24, 2.45) is 0 Å². The first-order valence-electron chi connectivity index (χ1n) is 7.08. The predicted octanol–water partition coefficient (Wildman–Crippen LogP) is 4.89. The minimum Gasteiger partial charge on any atom is -0.379 e. The van der Waals surface area contributed by atoms with Crippen molar-refractivity contribution in [1.29, 1.82) is 0 Å². The summed E-state index contributed by atoms with van der Waals surface area (Å²) in [6, 6.07) is 15.2. The Hall–Kier alpha value is -2.36. The first kappa shape index (κ1) is 15.0. The molecular formula is C17H20N2O2. The first-order valence-corrected chi connectivity index (χ1v) is 7.08. The lowest BCUT2D eigenvalue weighted by atomic mass is 9.99. The molecule has 2 aromatic rings. The van der Waals surface area contributed by atoms with Crippen molar-refractivity contribution in [2.75, 3.05) is 5.32 Å². The van der Waals surface area contributed by atoms with Crippen LogP contribution in [0.5, 0.6) is 0 Å². The van der Waals surface area contributed by atoms with E-state index in [-0.39, 0.29) is 11.7 Å². The number of nitrogens with zero attached hydrogens (tertiary/aromatic N) is 1. The highest BCUT2D eigenvalue weighted by Crippen LogP contribution is 2.23. The van der Waals surface area contributed by atoms with Crippen LogP contribution in [0.15, 0.2) is 48.5 Å². The molecule has 110 valence electrons. The molecule has 0 aliphatic rings. The summed E-state index contributed by atoms with van der Waals surface area (Å²) in [7, 11) is 0. The summed E-state index contributed by atoms with van der Waals surface area (Å²) >= 11 is 0. The molecule has 0 saturated carbocycles. The van der Waals surface area contributed by atoms with Crippen LogP contribution in [0.2, 0.25) is 0 Å². The molecule has 0 aliphatic carbocycles. The van der Waals surface area contributed by atoms with E-state index in [1.54, 1.807) is 12.1 Å². The topological polar surface area (TPSA) is 55.2 Å². The zero-order valence-electron chi connectivity index (χ0n) is 12.5. The van der Waals surface area contributed by atoms with E-state index in [1.807, 2.05) is 0 Å². The molecule has 2 rings (SSSR count). The van der Waals surface area contributed by atoms with E-state index in [0.717, 1.165) is 5.69 Å². The van der Waals surface area contributed by atoms with Gasteiger partial charge in [-0.3, -0.25) is 10.1 Å². The van der Waals surface area contributed by atoms with Crippen LogP contribution >= 0.6 is 0 Å². The van der Waals surface area contributed by atoms with Crippen molar-refractivity contribution in [3.05, 3.63) is 69.8 Å². The molecule has 0 spiro atoms. The Morgan fingerprint density at radius 2 is 1.43 bits per heavy atom. The van der Waals surface area contributed by atoms with Crippen LogP contribution in [0.1, 0.15) is 43.9 Å². The fraction of sp³-hybridized carbons (Fsp3) is 0.294. The van der Waals surface area contributed by atoms with Gasteiger partial charge in [-0.2, -0.15) is 0 Å². The van der Waals surface area contributed by atoms with Gasteiger partial charge in [-0.1, -0.05) is 38.1 Å². The van der Waals surface area contributed by atoms with Crippen molar-refractivity contribution >= 4 is 11.4 Å². The minimum absolute atomic E-state index is 0.106. The van der Waals surface area contributed by atoms with Gasteiger partial charge in [0.15, 0.2) is 0 Å². The van der Waals surface area contributed by atoms with Crippen molar-refractivity contribution in [3.8, 4) is 0 Å². The fourth-order valence-corrected chi connectivity index (χ4v) is 2.18. The van der Waals surface area contributed by atoms with Gasteiger partial charge in [0.2, 0.25) is 0 Å². The average Bonchev–Trinajstić information content (AvgIpc) is 2.47. The Kier molecular flexibility index (Phi) is 4.58. The zero-order chi connectivity index (χ0) is 15.4. The van der Waals surface area contributed by atoms with Gasteiger partial charge in [0.25, 0.3) is 5.69 Å². The summed E-state index contributed by atoms with van der Waals surface area (Å²) in [5.41, 5.74) is 3.49. The van der Waals surface area contributed by atoms with E-state index in [4.69, 9.17) is 0 Å². The lowest BCUT2D eigenvalue weighted by molar-refractivity contribution is -0.384. The van der Waals surface area contributed by atoms with Gasteiger partial charge in [0.1, 0.15) is 0 Å². The summed E-state index contributed by atoms with van der Waals surface area (Å²) in [6.07, 6.45) is 0. The highest BCUT2D eigenvalue weighted by Gasteiger charge is 2.08. The third kappa shape index (κ3) is 3.81. The van der Waals surface area contributed by atoms with Crippen LogP contribution in [0.3, 0.4) is 0 Å². The number of hydrogen-bond acceptors (Lipinski definition) is 3. The molecule has 0 radical (unpaired) electrons. The number of non-ortho nitro benzene ring substituents is 1. The molecule has 0 aromatic heterocycles. The molecule has 0 amide bonds. The van der Waals surface area contributed by atoms with Crippen LogP contribution < -0.4 is 5.32 Å². The average molecular weight is 284 g/mol. The van der Waals surface area contributed by atoms with Crippen molar-refractivity contribution in [1.82, 2.24) is 0 Å². The Morgan fingerprint density at radius 1 is 0.905 bits per heavy atom. The lowest BCUT2D eigenvalue weighted by Crippen LogP contribution is -2.06. The lowest BCUT2D eigenvalue weighted by Gasteiger charge is -2.16. The second-order valence-electron chi connectivity index (χ2n) is 5.49. The number of benzene rings is 2. The Morgan fingerprint density at radius 3 is 1.90 bits per heavy atom. The second kappa shape index (κ2) is 6.39. The van der Waals surface area contributed by atoms with Gasteiger partial charge in [-0.15, -0.1) is 0 Å². The largest absolute Gasteiger partial charge is 0.379 e. The molecular weight excluding hydrogens is 264 g/mol. The smallest absolute Gasteiger partial charge is 0.269 e. The maximum atomic E-state index is 10.6. The maximum Gasteiger partial charge on any atom is 0.269 e. The molecule has 2 aromatic carbocycles. The Balaban J connectivity index is 2.06. The Labute approximate surface area is 125 Å². The fourth-order valence-electron chi connectivity index (χ4n) is 2.18. The first-order chi connectivity index (χ1) is 9.97. The van der Waals surface area contributed by atoms with Crippen LogP contribution in [-0.4, -0.2) is 4.92 Å². The highest BCUT2D eigenvalue weighted by molar-refractivity contribution is 5.50. The second-order valence-corrected chi connectivity index (χ2v) is 5.49. The number of rotatable bonds is 5. The molecule has 1 unspecified atom stereocenters. The van der Waals surface area contributed by atoms with E-state index in [1.165, 1.54) is 23.3 Å². The normalized spacial score (nSPS) is 12.2. The van der Waals surface area contributed by atoms with Gasteiger partial charge in [-0.25, -0.2) is 0 Å². The molecule has 4 heteroatoms. The van der Waals surface area contributed by atoms with Gasteiger partial charge >= 0.3 is 0 Å². The predicted molar refractivity (Wildman–Crippen MR) is 85.7 cm³/mol. The van der Waals surface area contributed by atoms with Gasteiger partial charge in [0.05, 0.1) is 4.92 Å². The van der Waals surface area contributed by atoms with E-state index in [9.17, 15) is 10.1 Å². The van der Waals surface area contributed by atoms with Gasteiger partial charge < -0.3 is 5.32 Å². The number of hydrogen-bond donors (Lipinski definition) is 1. The SMILES string of the molecule is CC(C)c1ccc(C(C)Nc2ccc([N+](=O)[O-])cc2)cc1. The molecule has 4 nitrogen and oxygen atoms in total. The quantitative estimate of drug-likeness (QED) is 0.628. The van der Waals surface area contributed by atoms with Crippen molar-refractivity contribution < 1.29 is 4.92 Å². The summed E-state index contributed by atoms with van der Waals surface area (Å²) in [5, 5.41) is 14.0. The van der Waals surface area contributed by atoms with E-state index >= 15 is 0 Å².